The maximum Gasteiger partial charge on any atom is 0.152 e. The van der Waals surface area contributed by atoms with Gasteiger partial charge in [-0.1, -0.05) is 12.1 Å². The predicted octanol–water partition coefficient (Wildman–Crippen LogP) is 2.74. The molecule has 2 aromatic rings. The van der Waals surface area contributed by atoms with Gasteiger partial charge in [0.05, 0.1) is 0 Å². The highest BCUT2D eigenvalue weighted by atomic mass is 16.1. The average Bonchev–Trinajstić information content (AvgIpc) is 2.56. The van der Waals surface area contributed by atoms with E-state index in [9.17, 15) is 4.79 Å². The van der Waals surface area contributed by atoms with E-state index in [4.69, 9.17) is 0 Å². The summed E-state index contributed by atoms with van der Waals surface area (Å²) in [5.41, 5.74) is 2.58. The molecular weight excluding hydrogens is 188 g/mol. The molecule has 0 spiro atoms. The van der Waals surface area contributed by atoms with Crippen molar-refractivity contribution >= 4 is 17.2 Å². The molecule has 3 heteroatoms. The van der Waals surface area contributed by atoms with Crippen molar-refractivity contribution in [2.45, 2.75) is 26.8 Å². The van der Waals surface area contributed by atoms with Gasteiger partial charge in [-0.05, 0) is 26.8 Å². The molecule has 78 valence electrons. The van der Waals surface area contributed by atoms with E-state index in [1.165, 1.54) is 0 Å². The zero-order valence-electron chi connectivity index (χ0n) is 9.19. The Kier molecular flexibility index (Phi) is 2.31. The molecule has 1 heterocycles. The molecule has 0 N–H and O–H groups in total. The normalized spacial score (nSPS) is 11.2. The second kappa shape index (κ2) is 3.50. The van der Waals surface area contributed by atoms with Gasteiger partial charge in [0.1, 0.15) is 5.52 Å². The number of carbonyl (C=O) groups excluding carboxylic acids is 1. The summed E-state index contributed by atoms with van der Waals surface area (Å²) in [6.07, 6.45) is 0.861. The molecule has 0 aliphatic rings. The van der Waals surface area contributed by atoms with Crippen molar-refractivity contribution in [1.82, 2.24) is 9.78 Å². The first-order chi connectivity index (χ1) is 7.15. The zero-order valence-corrected chi connectivity index (χ0v) is 9.19. The van der Waals surface area contributed by atoms with Crippen LogP contribution in [-0.4, -0.2) is 16.1 Å². The van der Waals surface area contributed by atoms with E-state index < -0.39 is 0 Å². The van der Waals surface area contributed by atoms with Crippen LogP contribution in [0.15, 0.2) is 18.2 Å². The lowest BCUT2D eigenvalue weighted by Gasteiger charge is -2.06. The number of aromatic nitrogens is 2. The van der Waals surface area contributed by atoms with E-state index in [0.29, 0.717) is 11.6 Å². The third-order valence-electron chi connectivity index (χ3n) is 2.62. The molecule has 2 rings (SSSR count). The smallest absolute Gasteiger partial charge is 0.152 e. The molecule has 0 amide bonds. The van der Waals surface area contributed by atoms with E-state index >= 15 is 0 Å². The summed E-state index contributed by atoms with van der Waals surface area (Å²) in [6.45, 7) is 6.20. The van der Waals surface area contributed by atoms with Gasteiger partial charge in [-0.25, -0.2) is 0 Å². The number of fused-ring (bicyclic) bond motifs is 1. The van der Waals surface area contributed by atoms with Crippen LogP contribution in [0.2, 0.25) is 0 Å². The first-order valence-electron chi connectivity index (χ1n) is 5.08. The van der Waals surface area contributed by atoms with Crippen LogP contribution in [0.1, 0.15) is 35.9 Å². The molecule has 3 nitrogen and oxygen atoms in total. The molecule has 0 radical (unpaired) electrons. The second-order valence-electron chi connectivity index (χ2n) is 3.98. The Bertz CT molecular complexity index is 512. The lowest BCUT2D eigenvalue weighted by Crippen LogP contribution is -2.04. The summed E-state index contributed by atoms with van der Waals surface area (Å²) in [5.74, 6) is 0. The van der Waals surface area contributed by atoms with Crippen molar-refractivity contribution in [1.29, 1.82) is 0 Å². The van der Waals surface area contributed by atoms with Crippen LogP contribution in [0.5, 0.6) is 0 Å². The van der Waals surface area contributed by atoms with Crippen molar-refractivity contribution in [2.75, 3.05) is 0 Å². The van der Waals surface area contributed by atoms with E-state index in [2.05, 4.69) is 18.9 Å². The van der Waals surface area contributed by atoms with Gasteiger partial charge in [-0.15, -0.1) is 0 Å². The summed E-state index contributed by atoms with van der Waals surface area (Å²) in [5, 5.41) is 5.53. The van der Waals surface area contributed by atoms with E-state index in [1.54, 1.807) is 6.07 Å². The van der Waals surface area contributed by atoms with Gasteiger partial charge >= 0.3 is 0 Å². The largest absolute Gasteiger partial charge is 0.298 e. The Labute approximate surface area is 88.7 Å². The third-order valence-corrected chi connectivity index (χ3v) is 2.62. The SMILES string of the molecule is Cc1c2cccc(C=O)c2nn1C(C)C. The molecule has 0 aliphatic carbocycles. The van der Waals surface area contributed by atoms with Gasteiger partial charge in [0, 0.05) is 22.7 Å². The van der Waals surface area contributed by atoms with E-state index in [1.807, 2.05) is 23.7 Å². The number of rotatable bonds is 2. The van der Waals surface area contributed by atoms with Crippen molar-refractivity contribution in [3.63, 3.8) is 0 Å². The molecule has 0 fully saturated rings. The summed E-state index contributed by atoms with van der Waals surface area (Å²) in [7, 11) is 0. The van der Waals surface area contributed by atoms with Gasteiger partial charge in [0.2, 0.25) is 0 Å². The summed E-state index contributed by atoms with van der Waals surface area (Å²) >= 11 is 0. The predicted molar refractivity (Wildman–Crippen MR) is 60.2 cm³/mol. The number of aldehydes is 1. The van der Waals surface area contributed by atoms with Crippen molar-refractivity contribution < 1.29 is 4.79 Å². The van der Waals surface area contributed by atoms with Crippen molar-refractivity contribution in [2.24, 2.45) is 0 Å². The maximum atomic E-state index is 10.9. The number of carbonyl (C=O) groups is 1. The highest BCUT2D eigenvalue weighted by Crippen LogP contribution is 2.22. The third kappa shape index (κ3) is 1.44. The fraction of sp³-hybridized carbons (Fsp3) is 0.333. The monoisotopic (exact) mass is 202 g/mol. The van der Waals surface area contributed by atoms with Crippen molar-refractivity contribution in [3.05, 3.63) is 29.5 Å². The average molecular weight is 202 g/mol. The molecule has 0 atom stereocenters. The Morgan fingerprint density at radius 3 is 2.73 bits per heavy atom. The maximum absolute atomic E-state index is 10.9. The molecule has 1 aromatic carbocycles. The van der Waals surface area contributed by atoms with Crippen LogP contribution in [0.3, 0.4) is 0 Å². The van der Waals surface area contributed by atoms with Crippen LogP contribution in [0.25, 0.3) is 10.9 Å². The fourth-order valence-electron chi connectivity index (χ4n) is 1.87. The molecule has 15 heavy (non-hydrogen) atoms. The molecule has 0 bridgehead atoms. The van der Waals surface area contributed by atoms with Crippen LogP contribution < -0.4 is 0 Å². The lowest BCUT2D eigenvalue weighted by atomic mass is 10.1. The Morgan fingerprint density at radius 1 is 1.40 bits per heavy atom. The van der Waals surface area contributed by atoms with Crippen LogP contribution in [0.4, 0.5) is 0 Å². The molecule has 0 unspecified atom stereocenters. The number of hydrogen-bond donors (Lipinski definition) is 0. The molecular formula is C12H14N2O. The first kappa shape index (κ1) is 9.90. The molecule has 0 saturated heterocycles. The minimum Gasteiger partial charge on any atom is -0.298 e. The molecule has 1 aromatic heterocycles. The van der Waals surface area contributed by atoms with Crippen LogP contribution in [-0.2, 0) is 0 Å². The zero-order chi connectivity index (χ0) is 11.0. The van der Waals surface area contributed by atoms with Gasteiger partial charge in [-0.3, -0.25) is 9.48 Å². The molecule has 0 saturated carbocycles. The van der Waals surface area contributed by atoms with E-state index in [0.717, 1.165) is 22.9 Å². The second-order valence-corrected chi connectivity index (χ2v) is 3.98. The minimum absolute atomic E-state index is 0.317. The summed E-state index contributed by atoms with van der Waals surface area (Å²) < 4.78 is 1.96. The van der Waals surface area contributed by atoms with Crippen molar-refractivity contribution in [3.8, 4) is 0 Å². The summed E-state index contributed by atoms with van der Waals surface area (Å²) in [6, 6.07) is 6.01. The quantitative estimate of drug-likeness (QED) is 0.702. The Morgan fingerprint density at radius 2 is 2.13 bits per heavy atom. The number of nitrogens with zero attached hydrogens (tertiary/aromatic N) is 2. The number of hydrogen-bond acceptors (Lipinski definition) is 2. The van der Waals surface area contributed by atoms with Gasteiger partial charge in [0.25, 0.3) is 0 Å². The minimum atomic E-state index is 0.317. The highest BCUT2D eigenvalue weighted by molar-refractivity contribution is 5.96. The molecule has 0 aliphatic heterocycles. The lowest BCUT2D eigenvalue weighted by molar-refractivity contribution is 0.112. The Hall–Kier alpha value is -1.64. The topological polar surface area (TPSA) is 34.9 Å². The van der Waals surface area contributed by atoms with E-state index in [-0.39, 0.29) is 0 Å². The van der Waals surface area contributed by atoms with Gasteiger partial charge in [0.15, 0.2) is 6.29 Å². The summed E-state index contributed by atoms with van der Waals surface area (Å²) in [4.78, 5) is 10.9. The Balaban J connectivity index is 2.81. The van der Waals surface area contributed by atoms with Gasteiger partial charge < -0.3 is 0 Å². The number of benzene rings is 1. The fourth-order valence-corrected chi connectivity index (χ4v) is 1.87. The highest BCUT2D eigenvalue weighted by Gasteiger charge is 2.11. The standard InChI is InChI=1S/C12H14N2O/c1-8(2)14-9(3)11-6-4-5-10(7-15)12(11)13-14/h4-8H,1-3H3. The number of aryl methyl sites for hydroxylation is 1. The first-order valence-corrected chi connectivity index (χ1v) is 5.08. The van der Waals surface area contributed by atoms with Gasteiger partial charge in [-0.2, -0.15) is 5.10 Å². The van der Waals surface area contributed by atoms with Crippen LogP contribution in [0, 0.1) is 6.92 Å². The van der Waals surface area contributed by atoms with Crippen LogP contribution >= 0.6 is 0 Å².